The molecule has 80 valence electrons. The summed E-state index contributed by atoms with van der Waals surface area (Å²) in [7, 11) is -3.41. The summed E-state index contributed by atoms with van der Waals surface area (Å²) in [5.41, 5.74) is 4.99. The number of nitrogen functional groups attached to an aromatic ring is 1. The molecule has 1 aromatic rings. The van der Waals surface area contributed by atoms with E-state index in [0.717, 1.165) is 11.3 Å². The predicted octanol–water partition coefficient (Wildman–Crippen LogP) is 1.41. The van der Waals surface area contributed by atoms with Gasteiger partial charge in [0.25, 0.3) is 10.0 Å². The Morgan fingerprint density at radius 2 is 1.93 bits per heavy atom. The first kappa shape index (κ1) is 11.5. The minimum Gasteiger partial charge on any atom is -0.391 e. The van der Waals surface area contributed by atoms with Crippen molar-refractivity contribution < 1.29 is 8.42 Å². The van der Waals surface area contributed by atoms with Crippen LogP contribution in [0.15, 0.2) is 16.3 Å². The second-order valence-corrected chi connectivity index (χ2v) is 7.04. The van der Waals surface area contributed by atoms with Gasteiger partial charge in [0, 0.05) is 5.54 Å². The highest BCUT2D eigenvalue weighted by Crippen LogP contribution is 2.23. The number of hydrogen-bond donors (Lipinski definition) is 2. The molecule has 0 bridgehead atoms. The van der Waals surface area contributed by atoms with Crippen LogP contribution in [0.25, 0.3) is 0 Å². The zero-order valence-corrected chi connectivity index (χ0v) is 10.00. The highest BCUT2D eigenvalue weighted by atomic mass is 32.2. The molecule has 1 aromatic heterocycles. The minimum absolute atomic E-state index is 0.255. The summed E-state index contributed by atoms with van der Waals surface area (Å²) >= 11 is 1.06. The topological polar surface area (TPSA) is 72.2 Å². The zero-order chi connectivity index (χ0) is 11.0. The molecule has 1 heterocycles. The summed E-state index contributed by atoms with van der Waals surface area (Å²) in [5, 5.41) is 0.499. The molecule has 0 aliphatic heterocycles. The highest BCUT2D eigenvalue weighted by molar-refractivity contribution is 7.91. The van der Waals surface area contributed by atoms with Crippen molar-refractivity contribution in [3.05, 3.63) is 12.1 Å². The van der Waals surface area contributed by atoms with Crippen molar-refractivity contribution in [2.75, 3.05) is 5.73 Å². The second-order valence-electron chi connectivity index (χ2n) is 4.01. The number of anilines is 1. The quantitative estimate of drug-likeness (QED) is 0.812. The van der Waals surface area contributed by atoms with Gasteiger partial charge in [-0.05, 0) is 32.9 Å². The van der Waals surface area contributed by atoms with Gasteiger partial charge in [-0.15, -0.1) is 11.3 Å². The monoisotopic (exact) mass is 234 g/mol. The first-order chi connectivity index (χ1) is 6.21. The summed E-state index contributed by atoms with van der Waals surface area (Å²) in [6.07, 6.45) is 0. The smallest absolute Gasteiger partial charge is 0.250 e. The van der Waals surface area contributed by atoms with E-state index in [1.807, 2.05) is 0 Å². The van der Waals surface area contributed by atoms with E-state index in [4.69, 9.17) is 5.73 Å². The lowest BCUT2D eigenvalue weighted by atomic mass is 10.1. The third-order valence-corrected chi connectivity index (χ3v) is 4.47. The maximum absolute atomic E-state index is 11.7. The maximum Gasteiger partial charge on any atom is 0.250 e. The average molecular weight is 234 g/mol. The second kappa shape index (κ2) is 3.52. The molecule has 6 heteroatoms. The molecular weight excluding hydrogens is 220 g/mol. The lowest BCUT2D eigenvalue weighted by molar-refractivity contribution is 0.492. The fourth-order valence-electron chi connectivity index (χ4n) is 0.932. The molecule has 0 atom stereocenters. The molecule has 0 fully saturated rings. The number of nitrogens with two attached hydrogens (primary N) is 1. The summed E-state index contributed by atoms with van der Waals surface area (Å²) in [4.78, 5) is 0. The van der Waals surface area contributed by atoms with Crippen LogP contribution in [-0.4, -0.2) is 14.0 Å². The van der Waals surface area contributed by atoms with Crippen molar-refractivity contribution in [2.45, 2.75) is 30.5 Å². The van der Waals surface area contributed by atoms with E-state index >= 15 is 0 Å². The molecule has 0 spiro atoms. The van der Waals surface area contributed by atoms with Gasteiger partial charge in [0.15, 0.2) is 0 Å². The molecule has 0 aliphatic carbocycles. The number of rotatable bonds is 2. The molecule has 14 heavy (non-hydrogen) atoms. The van der Waals surface area contributed by atoms with Gasteiger partial charge in [-0.3, -0.25) is 0 Å². The Balaban J connectivity index is 2.98. The fraction of sp³-hybridized carbons (Fsp3) is 0.500. The molecule has 0 radical (unpaired) electrons. The Labute approximate surface area is 88.2 Å². The largest absolute Gasteiger partial charge is 0.391 e. The van der Waals surface area contributed by atoms with Crippen molar-refractivity contribution in [1.29, 1.82) is 0 Å². The molecule has 4 nitrogen and oxygen atoms in total. The van der Waals surface area contributed by atoms with Crippen LogP contribution >= 0.6 is 11.3 Å². The van der Waals surface area contributed by atoms with Gasteiger partial charge in [-0.2, -0.15) is 0 Å². The van der Waals surface area contributed by atoms with Crippen molar-refractivity contribution in [3.8, 4) is 0 Å². The Kier molecular flexibility index (Phi) is 2.89. The SMILES string of the molecule is CC(C)(C)NS(=O)(=O)c1ccc(N)s1. The number of nitrogens with one attached hydrogen (secondary N) is 1. The van der Waals surface area contributed by atoms with Crippen LogP contribution in [0.2, 0.25) is 0 Å². The van der Waals surface area contributed by atoms with Crippen LogP contribution in [-0.2, 0) is 10.0 Å². The summed E-state index contributed by atoms with van der Waals surface area (Å²) in [6, 6.07) is 3.09. The molecule has 3 N–H and O–H groups in total. The molecule has 0 aliphatic rings. The van der Waals surface area contributed by atoms with E-state index in [1.165, 1.54) is 6.07 Å². The van der Waals surface area contributed by atoms with E-state index in [-0.39, 0.29) is 4.21 Å². The van der Waals surface area contributed by atoms with Crippen LogP contribution in [0.5, 0.6) is 0 Å². The van der Waals surface area contributed by atoms with Gasteiger partial charge in [0.2, 0.25) is 0 Å². The average Bonchev–Trinajstić information content (AvgIpc) is 2.29. The van der Waals surface area contributed by atoms with E-state index in [9.17, 15) is 8.42 Å². The number of thiophene rings is 1. The van der Waals surface area contributed by atoms with Crippen molar-refractivity contribution in [3.63, 3.8) is 0 Å². The molecule has 0 unspecified atom stereocenters. The summed E-state index contributed by atoms with van der Waals surface area (Å²) in [5.74, 6) is 0. The summed E-state index contributed by atoms with van der Waals surface area (Å²) < 4.78 is 26.2. The van der Waals surface area contributed by atoms with Crippen LogP contribution < -0.4 is 10.5 Å². The molecular formula is C8H14N2O2S2. The Hall–Kier alpha value is -0.590. The highest BCUT2D eigenvalue weighted by Gasteiger charge is 2.23. The fourth-order valence-corrected chi connectivity index (χ4v) is 3.44. The van der Waals surface area contributed by atoms with Gasteiger partial charge in [-0.1, -0.05) is 0 Å². The maximum atomic E-state index is 11.7. The van der Waals surface area contributed by atoms with Gasteiger partial charge < -0.3 is 5.73 Å². The lowest BCUT2D eigenvalue weighted by Gasteiger charge is -2.19. The van der Waals surface area contributed by atoms with Crippen molar-refractivity contribution in [2.24, 2.45) is 0 Å². The Morgan fingerprint density at radius 1 is 1.36 bits per heavy atom. The third kappa shape index (κ3) is 2.97. The molecule has 1 rings (SSSR count). The van der Waals surface area contributed by atoms with Gasteiger partial charge in [-0.25, -0.2) is 13.1 Å². The van der Waals surface area contributed by atoms with Gasteiger partial charge in [0.1, 0.15) is 4.21 Å². The van der Waals surface area contributed by atoms with E-state index in [1.54, 1.807) is 26.8 Å². The Bertz CT molecular complexity index is 415. The van der Waals surface area contributed by atoms with Crippen LogP contribution in [0.4, 0.5) is 5.00 Å². The molecule has 0 saturated heterocycles. The van der Waals surface area contributed by atoms with Crippen LogP contribution in [0.1, 0.15) is 20.8 Å². The van der Waals surface area contributed by atoms with Gasteiger partial charge in [0.05, 0.1) is 5.00 Å². The van der Waals surface area contributed by atoms with Crippen LogP contribution in [0.3, 0.4) is 0 Å². The third-order valence-electron chi connectivity index (χ3n) is 1.31. The molecule has 0 amide bonds. The normalized spacial score (nSPS) is 13.1. The summed E-state index contributed by atoms with van der Waals surface area (Å²) in [6.45, 7) is 5.38. The zero-order valence-electron chi connectivity index (χ0n) is 8.37. The number of hydrogen-bond acceptors (Lipinski definition) is 4. The van der Waals surface area contributed by atoms with E-state index in [0.29, 0.717) is 5.00 Å². The number of sulfonamides is 1. The first-order valence-electron chi connectivity index (χ1n) is 4.10. The molecule has 0 aromatic carbocycles. The lowest BCUT2D eigenvalue weighted by Crippen LogP contribution is -2.40. The van der Waals surface area contributed by atoms with E-state index < -0.39 is 15.6 Å². The standard InChI is InChI=1S/C8H14N2O2S2/c1-8(2,3)10-14(11,12)7-5-4-6(9)13-7/h4-5,10H,9H2,1-3H3. The van der Waals surface area contributed by atoms with E-state index in [2.05, 4.69) is 4.72 Å². The van der Waals surface area contributed by atoms with Gasteiger partial charge >= 0.3 is 0 Å². The minimum atomic E-state index is -3.41. The predicted molar refractivity (Wildman–Crippen MR) is 58.8 cm³/mol. The van der Waals surface area contributed by atoms with Crippen molar-refractivity contribution in [1.82, 2.24) is 4.72 Å². The molecule has 0 saturated carbocycles. The van der Waals surface area contributed by atoms with Crippen LogP contribution in [0, 0.1) is 0 Å². The first-order valence-corrected chi connectivity index (χ1v) is 6.40. The van der Waals surface area contributed by atoms with Crippen molar-refractivity contribution >= 4 is 26.4 Å². The Morgan fingerprint density at radius 3 is 2.29 bits per heavy atom.